The van der Waals surface area contributed by atoms with Crippen LogP contribution in [-0.4, -0.2) is 22.0 Å². The van der Waals surface area contributed by atoms with Crippen molar-refractivity contribution >= 4 is 23.2 Å². The zero-order chi connectivity index (χ0) is 16.0. The predicted molar refractivity (Wildman–Crippen MR) is 83.5 cm³/mol. The van der Waals surface area contributed by atoms with Crippen LogP contribution in [0.3, 0.4) is 0 Å². The summed E-state index contributed by atoms with van der Waals surface area (Å²) in [6, 6.07) is -0.142. The summed E-state index contributed by atoms with van der Waals surface area (Å²) < 4.78 is 0. The third-order valence-corrected chi connectivity index (χ3v) is 5.99. The summed E-state index contributed by atoms with van der Waals surface area (Å²) in [6.45, 7) is 5.80. The standard InChI is InChI=1S/C16H20N2O3S/c1-7-14(22-9(3)17-7)8(2)18-15(19)12-10-4-5-11(6-10)13(12)16(20)21/h4-5,8,10-13H,6H2,1-3H3,(H,18,19)(H,20,21)/t8-,10-,11-,12+,13+/m0/s1. The largest absolute Gasteiger partial charge is 0.481 e. The molecule has 2 bridgehead atoms. The van der Waals surface area contributed by atoms with E-state index in [9.17, 15) is 14.7 Å². The van der Waals surface area contributed by atoms with Crippen molar-refractivity contribution in [1.82, 2.24) is 10.3 Å². The summed E-state index contributed by atoms with van der Waals surface area (Å²) in [7, 11) is 0. The molecule has 1 fully saturated rings. The van der Waals surface area contributed by atoms with E-state index in [1.165, 1.54) is 0 Å². The van der Waals surface area contributed by atoms with Gasteiger partial charge in [-0.25, -0.2) is 4.98 Å². The van der Waals surface area contributed by atoms with Crippen LogP contribution in [0.1, 0.15) is 35.0 Å². The summed E-state index contributed by atoms with van der Waals surface area (Å²) in [5.74, 6) is -2.00. The zero-order valence-electron chi connectivity index (χ0n) is 12.9. The number of fused-ring (bicyclic) bond motifs is 2. The van der Waals surface area contributed by atoms with E-state index < -0.39 is 17.8 Å². The van der Waals surface area contributed by atoms with Crippen LogP contribution in [0.5, 0.6) is 0 Å². The van der Waals surface area contributed by atoms with Crippen molar-refractivity contribution in [1.29, 1.82) is 0 Å². The lowest BCUT2D eigenvalue weighted by Gasteiger charge is -2.25. The van der Waals surface area contributed by atoms with Crippen LogP contribution < -0.4 is 5.32 Å². The number of hydrogen-bond donors (Lipinski definition) is 2. The highest BCUT2D eigenvalue weighted by Gasteiger charge is 2.51. The van der Waals surface area contributed by atoms with Crippen LogP contribution in [0.4, 0.5) is 0 Å². The van der Waals surface area contributed by atoms with E-state index in [-0.39, 0.29) is 23.8 Å². The first-order valence-electron chi connectivity index (χ1n) is 7.54. The Morgan fingerprint density at radius 1 is 1.32 bits per heavy atom. The minimum atomic E-state index is -0.866. The molecule has 5 atom stereocenters. The number of aryl methyl sites for hydroxylation is 2. The summed E-state index contributed by atoms with van der Waals surface area (Å²) in [6.07, 6.45) is 4.73. The number of allylic oxidation sites excluding steroid dienone is 2. The van der Waals surface area contributed by atoms with Gasteiger partial charge in [0, 0.05) is 4.88 Å². The predicted octanol–water partition coefficient (Wildman–Crippen LogP) is 2.46. The van der Waals surface area contributed by atoms with Crippen molar-refractivity contribution in [2.75, 3.05) is 0 Å². The Morgan fingerprint density at radius 3 is 2.50 bits per heavy atom. The summed E-state index contributed by atoms with van der Waals surface area (Å²) in [5, 5.41) is 13.4. The lowest BCUT2D eigenvalue weighted by molar-refractivity contribution is -0.148. The number of carboxylic acid groups (broad SMARTS) is 1. The average molecular weight is 320 g/mol. The molecule has 2 aliphatic rings. The molecule has 6 heteroatoms. The van der Waals surface area contributed by atoms with E-state index in [1.807, 2.05) is 32.9 Å². The third-order valence-electron chi connectivity index (χ3n) is 4.74. The molecule has 0 spiro atoms. The molecular formula is C16H20N2O3S. The van der Waals surface area contributed by atoms with Crippen molar-refractivity contribution in [2.24, 2.45) is 23.7 Å². The highest BCUT2D eigenvalue weighted by atomic mass is 32.1. The zero-order valence-corrected chi connectivity index (χ0v) is 13.7. The van der Waals surface area contributed by atoms with Crippen molar-refractivity contribution in [3.8, 4) is 0 Å². The molecule has 2 aliphatic carbocycles. The van der Waals surface area contributed by atoms with Gasteiger partial charge >= 0.3 is 5.97 Å². The topological polar surface area (TPSA) is 79.3 Å². The Balaban J connectivity index is 1.75. The molecule has 0 saturated heterocycles. The molecule has 0 aliphatic heterocycles. The number of aromatic nitrogens is 1. The Kier molecular flexibility index (Phi) is 3.80. The molecule has 1 saturated carbocycles. The normalized spacial score (nSPS) is 30.5. The monoisotopic (exact) mass is 320 g/mol. The molecule has 3 rings (SSSR count). The first-order chi connectivity index (χ1) is 10.4. The van der Waals surface area contributed by atoms with Gasteiger partial charge in [0.05, 0.1) is 28.6 Å². The van der Waals surface area contributed by atoms with E-state index >= 15 is 0 Å². The van der Waals surface area contributed by atoms with Crippen LogP contribution in [0, 0.1) is 37.5 Å². The molecule has 1 amide bonds. The van der Waals surface area contributed by atoms with Gasteiger partial charge in [0.15, 0.2) is 0 Å². The average Bonchev–Trinajstić information content (AvgIpc) is 3.11. The van der Waals surface area contributed by atoms with Gasteiger partial charge in [-0.05, 0) is 39.0 Å². The summed E-state index contributed by atoms with van der Waals surface area (Å²) in [4.78, 5) is 29.5. The minimum Gasteiger partial charge on any atom is -0.481 e. The first-order valence-corrected chi connectivity index (χ1v) is 8.35. The van der Waals surface area contributed by atoms with Crippen molar-refractivity contribution < 1.29 is 14.7 Å². The molecule has 118 valence electrons. The second-order valence-electron chi connectivity index (χ2n) is 6.25. The molecule has 2 N–H and O–H groups in total. The minimum absolute atomic E-state index is 0.000871. The van der Waals surface area contributed by atoms with Gasteiger partial charge in [0.2, 0.25) is 5.91 Å². The van der Waals surface area contributed by atoms with E-state index in [4.69, 9.17) is 0 Å². The molecule has 22 heavy (non-hydrogen) atoms. The number of carboxylic acids is 1. The van der Waals surface area contributed by atoms with Gasteiger partial charge in [-0.15, -0.1) is 11.3 Å². The number of thiazole rings is 1. The van der Waals surface area contributed by atoms with Gasteiger partial charge in [0.1, 0.15) is 0 Å². The number of hydrogen-bond acceptors (Lipinski definition) is 4. The van der Waals surface area contributed by atoms with Crippen LogP contribution in [-0.2, 0) is 9.59 Å². The van der Waals surface area contributed by atoms with Crippen molar-refractivity contribution in [2.45, 2.75) is 33.2 Å². The number of aliphatic carboxylic acids is 1. The molecule has 1 heterocycles. The van der Waals surface area contributed by atoms with Crippen LogP contribution in [0.25, 0.3) is 0 Å². The fourth-order valence-corrected chi connectivity index (χ4v) is 4.77. The van der Waals surface area contributed by atoms with E-state index in [0.717, 1.165) is 22.0 Å². The first kappa shape index (κ1) is 15.2. The molecule has 1 aromatic heterocycles. The second-order valence-corrected chi connectivity index (χ2v) is 7.49. The number of carbonyl (C=O) groups is 2. The Labute approximate surface area is 133 Å². The van der Waals surface area contributed by atoms with Gasteiger partial charge < -0.3 is 10.4 Å². The maximum absolute atomic E-state index is 12.6. The summed E-state index contributed by atoms with van der Waals surface area (Å²) in [5.41, 5.74) is 0.929. The fraction of sp³-hybridized carbons (Fsp3) is 0.562. The Hall–Kier alpha value is -1.69. The van der Waals surface area contributed by atoms with E-state index in [0.29, 0.717) is 0 Å². The SMILES string of the molecule is Cc1nc(C)c([C@H](C)NC(=O)[C@H]2[C@H](C(=O)O)[C@H]3C=C[C@H]2C3)s1. The quantitative estimate of drug-likeness (QED) is 0.835. The fourth-order valence-electron chi connectivity index (χ4n) is 3.84. The van der Waals surface area contributed by atoms with E-state index in [2.05, 4.69) is 10.3 Å². The summed E-state index contributed by atoms with van der Waals surface area (Å²) >= 11 is 1.57. The molecule has 0 radical (unpaired) electrons. The molecular weight excluding hydrogens is 300 g/mol. The molecule has 0 aromatic carbocycles. The van der Waals surface area contributed by atoms with Gasteiger partial charge in [-0.1, -0.05) is 12.2 Å². The third kappa shape index (κ3) is 2.45. The van der Waals surface area contributed by atoms with Gasteiger partial charge in [-0.3, -0.25) is 9.59 Å². The number of nitrogens with one attached hydrogen (secondary N) is 1. The number of nitrogens with zero attached hydrogens (tertiary/aromatic N) is 1. The van der Waals surface area contributed by atoms with Gasteiger partial charge in [0.25, 0.3) is 0 Å². The maximum atomic E-state index is 12.6. The van der Waals surface area contributed by atoms with Crippen molar-refractivity contribution in [3.63, 3.8) is 0 Å². The van der Waals surface area contributed by atoms with Gasteiger partial charge in [-0.2, -0.15) is 0 Å². The Morgan fingerprint density at radius 2 is 1.95 bits per heavy atom. The van der Waals surface area contributed by atoms with Crippen molar-refractivity contribution in [3.05, 3.63) is 27.7 Å². The molecule has 0 unspecified atom stereocenters. The highest BCUT2D eigenvalue weighted by molar-refractivity contribution is 7.11. The smallest absolute Gasteiger partial charge is 0.307 e. The number of rotatable bonds is 4. The second kappa shape index (κ2) is 5.50. The number of amides is 1. The highest BCUT2D eigenvalue weighted by Crippen LogP contribution is 2.48. The lowest BCUT2D eigenvalue weighted by atomic mass is 9.82. The maximum Gasteiger partial charge on any atom is 0.307 e. The van der Waals surface area contributed by atoms with E-state index in [1.54, 1.807) is 11.3 Å². The van der Waals surface area contributed by atoms with Crippen LogP contribution in [0.15, 0.2) is 12.2 Å². The van der Waals surface area contributed by atoms with Crippen LogP contribution in [0.2, 0.25) is 0 Å². The molecule has 5 nitrogen and oxygen atoms in total. The lowest BCUT2D eigenvalue weighted by Crippen LogP contribution is -2.41. The Bertz CT molecular complexity index is 652. The number of carbonyl (C=O) groups excluding carboxylic acids is 1. The van der Waals surface area contributed by atoms with Crippen LogP contribution >= 0.6 is 11.3 Å². The molecule has 1 aromatic rings.